The van der Waals surface area contributed by atoms with Crippen molar-refractivity contribution in [2.75, 3.05) is 0 Å². The molecule has 0 radical (unpaired) electrons. The van der Waals surface area contributed by atoms with Crippen molar-refractivity contribution in [3.05, 3.63) is 34.9 Å². The maximum atomic E-state index is 10.4. The quantitative estimate of drug-likeness (QED) is 0.615. The molecule has 0 spiro atoms. The Balaban J connectivity index is 2.42. The van der Waals surface area contributed by atoms with Gasteiger partial charge in [0.25, 0.3) is 0 Å². The predicted molar refractivity (Wildman–Crippen MR) is 65.6 cm³/mol. The van der Waals surface area contributed by atoms with E-state index in [0.717, 1.165) is 23.6 Å². The molecule has 0 bridgehead atoms. The molecular formula is C11H14ClN3O. The number of carbonyl (C=O) groups excluding carboxylic acids is 1. The minimum absolute atomic E-state index is 0.647. The Hall–Kier alpha value is -1.55. The lowest BCUT2D eigenvalue weighted by Crippen LogP contribution is -2.25. The summed E-state index contributed by atoms with van der Waals surface area (Å²) in [5.41, 5.74) is 9.10. The molecule has 0 saturated heterocycles. The van der Waals surface area contributed by atoms with Crippen molar-refractivity contribution in [3.63, 3.8) is 0 Å². The number of urea groups is 1. The van der Waals surface area contributed by atoms with Gasteiger partial charge in [0.05, 0.1) is 0 Å². The second-order valence-corrected chi connectivity index (χ2v) is 3.89. The Kier molecular flexibility index (Phi) is 4.79. The molecule has 86 valence electrons. The monoisotopic (exact) mass is 239 g/mol. The van der Waals surface area contributed by atoms with Gasteiger partial charge in [0.1, 0.15) is 0 Å². The Morgan fingerprint density at radius 1 is 1.44 bits per heavy atom. The van der Waals surface area contributed by atoms with E-state index in [2.05, 4.69) is 10.5 Å². The summed E-state index contributed by atoms with van der Waals surface area (Å²) in [6.07, 6.45) is 1.62. The van der Waals surface area contributed by atoms with E-state index in [1.54, 1.807) is 0 Å². The summed E-state index contributed by atoms with van der Waals surface area (Å²) in [7, 11) is 0. The molecule has 4 nitrogen and oxygen atoms in total. The number of rotatable bonds is 4. The molecule has 0 aromatic heterocycles. The lowest BCUT2D eigenvalue weighted by atomic mass is 10.1. The van der Waals surface area contributed by atoms with E-state index in [9.17, 15) is 4.79 Å². The van der Waals surface area contributed by atoms with Crippen LogP contribution < -0.4 is 11.2 Å². The smallest absolute Gasteiger partial charge is 0.332 e. The molecule has 0 aliphatic carbocycles. The molecule has 0 atom stereocenters. The molecule has 0 fully saturated rings. The first kappa shape index (κ1) is 12.5. The third kappa shape index (κ3) is 4.79. The number of carbonyl (C=O) groups is 1. The summed E-state index contributed by atoms with van der Waals surface area (Å²) in [5, 5.41) is 4.55. The van der Waals surface area contributed by atoms with Crippen LogP contribution in [0.15, 0.2) is 29.4 Å². The highest BCUT2D eigenvalue weighted by Gasteiger charge is 1.97. The van der Waals surface area contributed by atoms with Crippen LogP contribution in [0.5, 0.6) is 0 Å². The minimum atomic E-state index is -0.647. The fourth-order valence-corrected chi connectivity index (χ4v) is 1.31. The van der Waals surface area contributed by atoms with Crippen LogP contribution in [0.1, 0.15) is 18.9 Å². The fourth-order valence-electron chi connectivity index (χ4n) is 1.18. The summed E-state index contributed by atoms with van der Waals surface area (Å²) >= 11 is 5.77. The van der Waals surface area contributed by atoms with Crippen LogP contribution in [0.4, 0.5) is 4.79 Å². The van der Waals surface area contributed by atoms with Crippen molar-refractivity contribution in [3.8, 4) is 0 Å². The van der Waals surface area contributed by atoms with Crippen molar-refractivity contribution in [2.24, 2.45) is 10.8 Å². The molecule has 1 aromatic rings. The summed E-state index contributed by atoms with van der Waals surface area (Å²) in [5.74, 6) is 0. The van der Waals surface area contributed by atoms with E-state index in [1.807, 2.05) is 31.2 Å². The molecular weight excluding hydrogens is 226 g/mol. The highest BCUT2D eigenvalue weighted by atomic mass is 35.5. The number of benzene rings is 1. The maximum absolute atomic E-state index is 10.4. The number of aryl methyl sites for hydroxylation is 1. The van der Waals surface area contributed by atoms with Gasteiger partial charge in [-0.1, -0.05) is 23.7 Å². The molecule has 0 saturated carbocycles. The maximum Gasteiger partial charge on any atom is 0.332 e. The number of nitrogens with two attached hydrogens (primary N) is 1. The molecule has 0 unspecified atom stereocenters. The lowest BCUT2D eigenvalue weighted by Gasteiger charge is -2.02. The van der Waals surface area contributed by atoms with Gasteiger partial charge in [-0.15, -0.1) is 0 Å². The summed E-state index contributed by atoms with van der Waals surface area (Å²) in [4.78, 5) is 10.4. The third-order valence-electron chi connectivity index (χ3n) is 2.05. The van der Waals surface area contributed by atoms with Gasteiger partial charge >= 0.3 is 6.03 Å². The zero-order valence-electron chi connectivity index (χ0n) is 9.03. The van der Waals surface area contributed by atoms with Gasteiger partial charge in [-0.25, -0.2) is 10.2 Å². The first-order valence-corrected chi connectivity index (χ1v) is 5.29. The second kappa shape index (κ2) is 6.12. The summed E-state index contributed by atoms with van der Waals surface area (Å²) in [6.45, 7) is 1.84. The predicted octanol–water partition coefficient (Wildman–Crippen LogP) is 2.32. The van der Waals surface area contributed by atoms with Crippen molar-refractivity contribution in [1.82, 2.24) is 5.43 Å². The van der Waals surface area contributed by atoms with Crippen molar-refractivity contribution in [1.29, 1.82) is 0 Å². The molecule has 16 heavy (non-hydrogen) atoms. The summed E-state index contributed by atoms with van der Waals surface area (Å²) in [6, 6.07) is 7.00. The van der Waals surface area contributed by atoms with Crippen molar-refractivity contribution < 1.29 is 4.79 Å². The number of amides is 2. The van der Waals surface area contributed by atoms with Gasteiger partial charge in [-0.05, 0) is 37.5 Å². The fraction of sp³-hybridized carbons (Fsp3) is 0.273. The van der Waals surface area contributed by atoms with Crippen LogP contribution in [0.3, 0.4) is 0 Å². The van der Waals surface area contributed by atoms with Crippen LogP contribution >= 0.6 is 11.6 Å². The molecule has 2 amide bonds. The average Bonchev–Trinajstić information content (AvgIpc) is 2.25. The van der Waals surface area contributed by atoms with E-state index in [4.69, 9.17) is 17.3 Å². The highest BCUT2D eigenvalue weighted by Crippen LogP contribution is 2.11. The van der Waals surface area contributed by atoms with Crippen molar-refractivity contribution in [2.45, 2.75) is 19.8 Å². The van der Waals surface area contributed by atoms with E-state index in [0.29, 0.717) is 0 Å². The summed E-state index contributed by atoms with van der Waals surface area (Å²) < 4.78 is 0. The van der Waals surface area contributed by atoms with Gasteiger partial charge in [0, 0.05) is 10.7 Å². The van der Waals surface area contributed by atoms with Gasteiger partial charge < -0.3 is 5.73 Å². The van der Waals surface area contributed by atoms with E-state index in [1.165, 1.54) is 5.56 Å². The number of primary amides is 1. The van der Waals surface area contributed by atoms with E-state index in [-0.39, 0.29) is 0 Å². The first-order chi connectivity index (χ1) is 7.58. The zero-order chi connectivity index (χ0) is 12.0. The normalized spacial score (nSPS) is 11.2. The Morgan fingerprint density at radius 2 is 2.06 bits per heavy atom. The zero-order valence-corrected chi connectivity index (χ0v) is 9.79. The second-order valence-electron chi connectivity index (χ2n) is 3.45. The molecule has 5 heteroatoms. The number of nitrogens with one attached hydrogen (secondary N) is 1. The SMILES string of the molecule is C/C(CCc1ccc(Cl)cc1)=N/NC(N)=O. The van der Waals surface area contributed by atoms with Gasteiger partial charge in [0.15, 0.2) is 0 Å². The van der Waals surface area contributed by atoms with Gasteiger partial charge in [-0.2, -0.15) is 5.10 Å². The van der Waals surface area contributed by atoms with Gasteiger partial charge in [0.2, 0.25) is 0 Å². The molecule has 0 aliphatic rings. The van der Waals surface area contributed by atoms with Crippen molar-refractivity contribution >= 4 is 23.3 Å². The van der Waals surface area contributed by atoms with Crippen LogP contribution in [0.25, 0.3) is 0 Å². The molecule has 1 aromatic carbocycles. The topological polar surface area (TPSA) is 67.5 Å². The Morgan fingerprint density at radius 3 is 2.62 bits per heavy atom. The van der Waals surface area contributed by atoms with E-state index >= 15 is 0 Å². The average molecular weight is 240 g/mol. The van der Waals surface area contributed by atoms with Crippen LogP contribution in [0.2, 0.25) is 5.02 Å². The van der Waals surface area contributed by atoms with E-state index < -0.39 is 6.03 Å². The number of hydrogen-bond donors (Lipinski definition) is 2. The minimum Gasteiger partial charge on any atom is -0.350 e. The third-order valence-corrected chi connectivity index (χ3v) is 2.30. The Bertz CT molecular complexity index is 387. The molecule has 0 aliphatic heterocycles. The van der Waals surface area contributed by atoms with Crippen LogP contribution in [0, 0.1) is 0 Å². The number of nitrogens with zero attached hydrogens (tertiary/aromatic N) is 1. The Labute approximate surface area is 99.5 Å². The molecule has 3 N–H and O–H groups in total. The lowest BCUT2D eigenvalue weighted by molar-refractivity contribution is 0.249. The number of hydrazone groups is 1. The highest BCUT2D eigenvalue weighted by molar-refractivity contribution is 6.30. The van der Waals surface area contributed by atoms with Gasteiger partial charge in [-0.3, -0.25) is 0 Å². The van der Waals surface area contributed by atoms with Crippen LogP contribution in [-0.4, -0.2) is 11.7 Å². The first-order valence-electron chi connectivity index (χ1n) is 4.91. The molecule has 0 heterocycles. The number of halogens is 1. The largest absolute Gasteiger partial charge is 0.350 e. The molecule has 1 rings (SSSR count). The van der Waals surface area contributed by atoms with Crippen LogP contribution in [-0.2, 0) is 6.42 Å². The number of hydrogen-bond acceptors (Lipinski definition) is 2. The standard InChI is InChI=1S/C11H14ClN3O/c1-8(14-15-11(13)16)2-3-9-4-6-10(12)7-5-9/h4-7H,2-3H2,1H3,(H3,13,15,16)/b14-8-.